The minimum atomic E-state index is 0.427. The summed E-state index contributed by atoms with van der Waals surface area (Å²) in [5.74, 6) is 0.427. The summed E-state index contributed by atoms with van der Waals surface area (Å²) in [6, 6.07) is 13.5. The topological polar surface area (TPSA) is 0 Å². The van der Waals surface area contributed by atoms with Crippen molar-refractivity contribution in [3.05, 3.63) is 89.5 Å². The predicted molar refractivity (Wildman–Crippen MR) is 90.4 cm³/mol. The Balaban J connectivity index is 1.97. The van der Waals surface area contributed by atoms with Crippen LogP contribution >= 0.6 is 0 Å². The molecule has 1 unspecified atom stereocenters. The smallest absolute Gasteiger partial charge is 0.000106 e. The minimum Gasteiger partial charge on any atom is -0.0911 e. The van der Waals surface area contributed by atoms with Gasteiger partial charge in [0.2, 0.25) is 0 Å². The van der Waals surface area contributed by atoms with Gasteiger partial charge in [0.05, 0.1) is 0 Å². The molecule has 0 amide bonds. The lowest BCUT2D eigenvalue weighted by Crippen LogP contribution is -1.99. The van der Waals surface area contributed by atoms with Crippen molar-refractivity contribution in [2.45, 2.75) is 19.3 Å². The molecule has 2 aromatic carbocycles. The molecule has 0 saturated heterocycles. The Morgan fingerprint density at radius 1 is 0.952 bits per heavy atom. The molecule has 0 saturated carbocycles. The number of benzene rings is 2. The van der Waals surface area contributed by atoms with Crippen LogP contribution in [0, 0.1) is 0 Å². The van der Waals surface area contributed by atoms with Crippen LogP contribution in [-0.4, -0.2) is 0 Å². The number of fused-ring (bicyclic) bond motifs is 4. The zero-order valence-corrected chi connectivity index (χ0v) is 12.3. The number of rotatable bonds is 0. The molecule has 21 heavy (non-hydrogen) atoms. The molecule has 2 aromatic rings. The first-order valence-electron chi connectivity index (χ1n) is 7.53. The molecule has 1 atom stereocenters. The molecule has 0 heteroatoms. The lowest BCUT2D eigenvalue weighted by atomic mass is 9.86. The third-order valence-electron chi connectivity index (χ3n) is 4.61. The van der Waals surface area contributed by atoms with Gasteiger partial charge in [-0.1, -0.05) is 68.1 Å². The Labute approximate surface area is 126 Å². The first kappa shape index (κ1) is 12.4. The molecule has 0 spiro atoms. The molecular formula is C21H18. The van der Waals surface area contributed by atoms with Gasteiger partial charge in [-0.3, -0.25) is 0 Å². The van der Waals surface area contributed by atoms with Crippen molar-refractivity contribution in [1.82, 2.24) is 0 Å². The van der Waals surface area contributed by atoms with Crippen LogP contribution in [0.2, 0.25) is 0 Å². The second-order valence-corrected chi connectivity index (χ2v) is 5.99. The van der Waals surface area contributed by atoms with Gasteiger partial charge in [-0.25, -0.2) is 0 Å². The molecule has 2 aliphatic rings. The van der Waals surface area contributed by atoms with Crippen molar-refractivity contribution in [2.24, 2.45) is 0 Å². The lowest BCUT2D eigenvalue weighted by molar-refractivity contribution is 0.957. The highest BCUT2D eigenvalue weighted by atomic mass is 14.3. The molecule has 102 valence electrons. The average Bonchev–Trinajstić information content (AvgIpc) is 2.86. The van der Waals surface area contributed by atoms with Gasteiger partial charge in [0.1, 0.15) is 0 Å². The summed E-state index contributed by atoms with van der Waals surface area (Å²) >= 11 is 0. The fraction of sp³-hybridized carbons (Fsp3) is 0.143. The summed E-state index contributed by atoms with van der Waals surface area (Å²) in [7, 11) is 0. The van der Waals surface area contributed by atoms with E-state index in [0.717, 1.165) is 12.0 Å². The monoisotopic (exact) mass is 270 g/mol. The van der Waals surface area contributed by atoms with E-state index in [1.54, 1.807) is 0 Å². The maximum Gasteiger partial charge on any atom is -0.000106 e. The summed E-state index contributed by atoms with van der Waals surface area (Å²) < 4.78 is 0. The van der Waals surface area contributed by atoms with Crippen LogP contribution in [0.5, 0.6) is 0 Å². The van der Waals surface area contributed by atoms with Crippen molar-refractivity contribution in [2.75, 3.05) is 0 Å². The van der Waals surface area contributed by atoms with Crippen molar-refractivity contribution < 1.29 is 0 Å². The Bertz CT molecular complexity index is 803. The summed E-state index contributed by atoms with van der Waals surface area (Å²) in [6.45, 7) is 6.51. The molecule has 0 nitrogen and oxygen atoms in total. The van der Waals surface area contributed by atoms with Crippen LogP contribution in [0.4, 0.5) is 0 Å². The van der Waals surface area contributed by atoms with E-state index in [4.69, 9.17) is 0 Å². The van der Waals surface area contributed by atoms with E-state index in [-0.39, 0.29) is 0 Å². The van der Waals surface area contributed by atoms with Crippen LogP contribution in [0.25, 0.3) is 16.7 Å². The Hall–Kier alpha value is -2.34. The quantitative estimate of drug-likeness (QED) is 0.506. The zero-order chi connectivity index (χ0) is 14.4. The standard InChI is InChI=1S/C21H18/c1-14-7-3-4-8-15(2)20-13-21-17(12-19(14)20)11-16-9-5-6-10-18(16)21/h3-10,12-14H,2,11H2,1H3/b7-3-,8-4-. The highest BCUT2D eigenvalue weighted by Gasteiger charge is 2.22. The second kappa shape index (κ2) is 4.60. The summed E-state index contributed by atoms with van der Waals surface area (Å²) in [5.41, 5.74) is 9.45. The van der Waals surface area contributed by atoms with E-state index in [1.807, 2.05) is 0 Å². The molecule has 0 N–H and O–H groups in total. The van der Waals surface area contributed by atoms with Crippen LogP contribution in [0.1, 0.15) is 35.1 Å². The second-order valence-electron chi connectivity index (χ2n) is 5.99. The maximum atomic E-state index is 4.25. The van der Waals surface area contributed by atoms with Gasteiger partial charge < -0.3 is 0 Å². The molecule has 4 rings (SSSR count). The molecule has 0 radical (unpaired) electrons. The molecule has 0 aromatic heterocycles. The van der Waals surface area contributed by atoms with Crippen molar-refractivity contribution in [1.29, 1.82) is 0 Å². The van der Waals surface area contributed by atoms with Crippen LogP contribution < -0.4 is 0 Å². The van der Waals surface area contributed by atoms with Gasteiger partial charge >= 0.3 is 0 Å². The van der Waals surface area contributed by atoms with Crippen LogP contribution in [0.15, 0.2) is 67.3 Å². The van der Waals surface area contributed by atoms with Crippen molar-refractivity contribution >= 4 is 5.57 Å². The van der Waals surface area contributed by atoms with Crippen molar-refractivity contribution in [3.63, 3.8) is 0 Å². The molecule has 0 bridgehead atoms. The van der Waals surface area contributed by atoms with Gasteiger partial charge in [0.15, 0.2) is 0 Å². The first-order chi connectivity index (χ1) is 10.2. The van der Waals surface area contributed by atoms with E-state index in [2.05, 4.69) is 74.2 Å². The van der Waals surface area contributed by atoms with E-state index in [1.165, 1.54) is 33.4 Å². The largest absolute Gasteiger partial charge is 0.0911 e. The van der Waals surface area contributed by atoms with Gasteiger partial charge in [-0.05, 0) is 57.4 Å². The van der Waals surface area contributed by atoms with E-state index in [0.29, 0.717) is 5.92 Å². The highest BCUT2D eigenvalue weighted by molar-refractivity contribution is 5.84. The van der Waals surface area contributed by atoms with Crippen LogP contribution in [-0.2, 0) is 6.42 Å². The summed E-state index contributed by atoms with van der Waals surface area (Å²) in [6.07, 6.45) is 9.63. The van der Waals surface area contributed by atoms with Gasteiger partial charge in [0, 0.05) is 0 Å². The lowest BCUT2D eigenvalue weighted by Gasteiger charge is -2.18. The molecular weight excluding hydrogens is 252 g/mol. The fourth-order valence-corrected chi connectivity index (χ4v) is 3.45. The van der Waals surface area contributed by atoms with Gasteiger partial charge in [-0.15, -0.1) is 0 Å². The van der Waals surface area contributed by atoms with Crippen LogP contribution in [0.3, 0.4) is 0 Å². The fourth-order valence-electron chi connectivity index (χ4n) is 3.45. The molecule has 0 heterocycles. The normalized spacial score (nSPS) is 21.8. The summed E-state index contributed by atoms with van der Waals surface area (Å²) in [5, 5.41) is 0. The third-order valence-corrected chi connectivity index (χ3v) is 4.61. The van der Waals surface area contributed by atoms with E-state index in [9.17, 15) is 0 Å². The first-order valence-corrected chi connectivity index (χ1v) is 7.53. The van der Waals surface area contributed by atoms with Gasteiger partial charge in [-0.2, -0.15) is 0 Å². The molecule has 0 aliphatic heterocycles. The molecule has 2 aliphatic carbocycles. The van der Waals surface area contributed by atoms with Crippen molar-refractivity contribution in [3.8, 4) is 11.1 Å². The van der Waals surface area contributed by atoms with E-state index < -0.39 is 0 Å². The Kier molecular flexibility index (Phi) is 2.71. The SMILES string of the molecule is C=C1/C=C\C=C/C(C)c2cc3c(cc21)-c1ccccc1C3. The zero-order valence-electron chi connectivity index (χ0n) is 12.3. The Morgan fingerprint density at radius 2 is 1.81 bits per heavy atom. The van der Waals surface area contributed by atoms with E-state index >= 15 is 0 Å². The minimum absolute atomic E-state index is 0.427. The molecule has 0 fully saturated rings. The summed E-state index contributed by atoms with van der Waals surface area (Å²) in [4.78, 5) is 0. The number of allylic oxidation sites excluding steroid dienone is 5. The number of hydrogen-bond donors (Lipinski definition) is 0. The maximum absolute atomic E-state index is 4.25. The average molecular weight is 270 g/mol. The third kappa shape index (κ3) is 1.91. The number of hydrogen-bond acceptors (Lipinski definition) is 0. The highest BCUT2D eigenvalue weighted by Crippen LogP contribution is 2.41. The predicted octanol–water partition coefficient (Wildman–Crippen LogP) is 5.50. The van der Waals surface area contributed by atoms with Gasteiger partial charge in [0.25, 0.3) is 0 Å². The Morgan fingerprint density at radius 3 is 2.71 bits per heavy atom.